The van der Waals surface area contributed by atoms with Crippen molar-refractivity contribution in [2.24, 2.45) is 0 Å². The van der Waals surface area contributed by atoms with Crippen molar-refractivity contribution in [1.82, 2.24) is 0 Å². The summed E-state index contributed by atoms with van der Waals surface area (Å²) < 4.78 is 15.9. The largest absolute Gasteiger partial charge is 0.457 e. The van der Waals surface area contributed by atoms with E-state index in [0.29, 0.717) is 16.7 Å². The Kier molecular flexibility index (Phi) is 9.40. The fourth-order valence-electron chi connectivity index (χ4n) is 2.49. The number of carbonyl (C=O) groups excluding carboxylic acids is 3. The normalized spacial score (nSPS) is 13.0. The van der Waals surface area contributed by atoms with Crippen LogP contribution in [0.1, 0.15) is 79.0 Å². The summed E-state index contributed by atoms with van der Waals surface area (Å²) in [5.41, 5.74) is 0.283. The minimum Gasteiger partial charge on any atom is -0.457 e. The van der Waals surface area contributed by atoms with Gasteiger partial charge in [0.1, 0.15) is 16.8 Å². The van der Waals surface area contributed by atoms with Gasteiger partial charge in [-0.1, -0.05) is 0 Å². The smallest absolute Gasteiger partial charge is 0.331 e. The van der Waals surface area contributed by atoms with E-state index in [4.69, 9.17) is 14.2 Å². The SMILES string of the molecule is CC(C)(C)OC(=O)C=Cc1cc(C=CC(=O)OC(C)(C)C)cc(C=CC(=O)OC(C)(C)C)c1. The van der Waals surface area contributed by atoms with Gasteiger partial charge in [-0.3, -0.25) is 0 Å². The van der Waals surface area contributed by atoms with E-state index >= 15 is 0 Å². The third kappa shape index (κ3) is 13.8. The summed E-state index contributed by atoms with van der Waals surface area (Å²) in [7, 11) is 0. The summed E-state index contributed by atoms with van der Waals surface area (Å²) >= 11 is 0. The third-order valence-corrected chi connectivity index (χ3v) is 3.46. The molecule has 0 spiro atoms. The highest BCUT2D eigenvalue weighted by Gasteiger charge is 2.15. The zero-order valence-electron chi connectivity index (χ0n) is 21.1. The maximum Gasteiger partial charge on any atom is 0.331 e. The van der Waals surface area contributed by atoms with Crippen LogP contribution in [0, 0.1) is 0 Å². The van der Waals surface area contributed by atoms with Crippen molar-refractivity contribution in [3.8, 4) is 0 Å². The second-order valence-electron chi connectivity index (χ2n) is 10.5. The van der Waals surface area contributed by atoms with E-state index in [9.17, 15) is 14.4 Å². The van der Waals surface area contributed by atoms with Gasteiger partial charge in [-0.05, 0) is 115 Å². The van der Waals surface area contributed by atoms with Gasteiger partial charge in [0.15, 0.2) is 0 Å². The molecule has 1 rings (SSSR count). The molecule has 0 atom stereocenters. The van der Waals surface area contributed by atoms with Crippen molar-refractivity contribution < 1.29 is 28.6 Å². The van der Waals surface area contributed by atoms with Crippen LogP contribution in [0.25, 0.3) is 18.2 Å². The molecule has 0 radical (unpaired) electrons. The molecule has 0 amide bonds. The van der Waals surface area contributed by atoms with E-state index in [0.717, 1.165) is 0 Å². The van der Waals surface area contributed by atoms with Crippen LogP contribution in [0.4, 0.5) is 0 Å². The molecule has 0 heterocycles. The summed E-state index contributed by atoms with van der Waals surface area (Å²) in [6, 6.07) is 5.39. The maximum absolute atomic E-state index is 12.0. The van der Waals surface area contributed by atoms with Gasteiger partial charge < -0.3 is 14.2 Å². The minimum atomic E-state index is -0.596. The van der Waals surface area contributed by atoms with E-state index in [-0.39, 0.29) is 0 Å². The Labute approximate surface area is 197 Å². The lowest BCUT2D eigenvalue weighted by molar-refractivity contribution is -0.149. The maximum atomic E-state index is 12.0. The van der Waals surface area contributed by atoms with E-state index in [1.807, 2.05) is 0 Å². The van der Waals surface area contributed by atoms with Crippen molar-refractivity contribution in [3.63, 3.8) is 0 Å². The molecule has 0 aromatic heterocycles. The molecule has 0 bridgehead atoms. The molecule has 0 aliphatic heterocycles. The van der Waals surface area contributed by atoms with Gasteiger partial charge >= 0.3 is 17.9 Å². The molecule has 0 saturated carbocycles. The standard InChI is InChI=1S/C27H36O6/c1-25(2,3)31-22(28)13-10-19-16-20(11-14-23(29)32-26(4,5)6)18-21(17-19)12-15-24(30)33-27(7,8)9/h10-18H,1-9H3. The van der Waals surface area contributed by atoms with Crippen molar-refractivity contribution >= 4 is 36.1 Å². The first kappa shape index (κ1) is 27.9. The lowest BCUT2D eigenvalue weighted by atomic mass is 10.0. The molecule has 0 aliphatic carbocycles. The molecule has 0 fully saturated rings. The molecule has 0 N–H and O–H groups in total. The third-order valence-electron chi connectivity index (χ3n) is 3.46. The predicted octanol–water partition coefficient (Wildman–Crippen LogP) is 5.75. The quantitative estimate of drug-likeness (QED) is 0.308. The highest BCUT2D eigenvalue weighted by Crippen LogP contribution is 2.17. The van der Waals surface area contributed by atoms with Crippen LogP contribution in [0.3, 0.4) is 0 Å². The fourth-order valence-corrected chi connectivity index (χ4v) is 2.49. The molecular formula is C27H36O6. The summed E-state index contributed by atoms with van der Waals surface area (Å²) in [5.74, 6) is -1.41. The van der Waals surface area contributed by atoms with E-state index < -0.39 is 34.7 Å². The molecule has 0 aliphatic rings. The van der Waals surface area contributed by atoms with Crippen LogP contribution in [0.2, 0.25) is 0 Å². The van der Waals surface area contributed by atoms with Gasteiger partial charge in [-0.15, -0.1) is 0 Å². The van der Waals surface area contributed by atoms with Crippen molar-refractivity contribution in [2.45, 2.75) is 79.1 Å². The van der Waals surface area contributed by atoms with Crippen LogP contribution in [0.5, 0.6) is 0 Å². The fraction of sp³-hybridized carbons (Fsp3) is 0.444. The van der Waals surface area contributed by atoms with Crippen LogP contribution in [-0.2, 0) is 28.6 Å². The monoisotopic (exact) mass is 456 g/mol. The first-order chi connectivity index (χ1) is 14.9. The number of hydrogen-bond acceptors (Lipinski definition) is 6. The van der Waals surface area contributed by atoms with Crippen LogP contribution >= 0.6 is 0 Å². The number of ether oxygens (including phenoxy) is 3. The zero-order chi connectivity index (χ0) is 25.4. The topological polar surface area (TPSA) is 78.9 Å². The van der Waals surface area contributed by atoms with Crippen LogP contribution in [-0.4, -0.2) is 34.7 Å². The first-order valence-electron chi connectivity index (χ1n) is 10.8. The van der Waals surface area contributed by atoms with E-state index in [2.05, 4.69) is 0 Å². The Morgan fingerprint density at radius 2 is 0.727 bits per heavy atom. The molecule has 6 heteroatoms. The molecule has 1 aromatic carbocycles. The summed E-state index contributed by atoms with van der Waals surface area (Å²) in [6.07, 6.45) is 8.85. The number of benzene rings is 1. The summed E-state index contributed by atoms with van der Waals surface area (Å²) in [4.78, 5) is 36.1. The van der Waals surface area contributed by atoms with Gasteiger partial charge in [0, 0.05) is 18.2 Å². The lowest BCUT2D eigenvalue weighted by Crippen LogP contribution is -2.22. The highest BCUT2D eigenvalue weighted by atomic mass is 16.6. The summed E-state index contributed by atoms with van der Waals surface area (Å²) in [6.45, 7) is 16.1. The Morgan fingerprint density at radius 3 is 0.909 bits per heavy atom. The number of hydrogen-bond donors (Lipinski definition) is 0. The molecule has 0 saturated heterocycles. The lowest BCUT2D eigenvalue weighted by Gasteiger charge is -2.18. The molecule has 180 valence electrons. The minimum absolute atomic E-state index is 0.469. The number of esters is 3. The Balaban J connectivity index is 3.20. The van der Waals surface area contributed by atoms with Crippen molar-refractivity contribution in [2.75, 3.05) is 0 Å². The van der Waals surface area contributed by atoms with Crippen LogP contribution < -0.4 is 0 Å². The first-order valence-corrected chi connectivity index (χ1v) is 10.8. The van der Waals surface area contributed by atoms with Gasteiger partial charge in [0.05, 0.1) is 0 Å². The zero-order valence-corrected chi connectivity index (χ0v) is 21.1. The van der Waals surface area contributed by atoms with Gasteiger partial charge in [-0.2, -0.15) is 0 Å². The average Bonchev–Trinajstić information content (AvgIpc) is 2.59. The Bertz CT molecular complexity index is 808. The second kappa shape index (κ2) is 11.1. The molecule has 1 aromatic rings. The van der Waals surface area contributed by atoms with E-state index in [1.165, 1.54) is 18.2 Å². The van der Waals surface area contributed by atoms with Gasteiger partial charge in [0.25, 0.3) is 0 Å². The molecule has 33 heavy (non-hydrogen) atoms. The predicted molar refractivity (Wildman–Crippen MR) is 131 cm³/mol. The van der Waals surface area contributed by atoms with Gasteiger partial charge in [0.2, 0.25) is 0 Å². The average molecular weight is 457 g/mol. The molecule has 0 unspecified atom stereocenters. The van der Waals surface area contributed by atoms with Crippen molar-refractivity contribution in [3.05, 3.63) is 53.1 Å². The number of rotatable bonds is 6. The van der Waals surface area contributed by atoms with Crippen molar-refractivity contribution in [1.29, 1.82) is 0 Å². The van der Waals surface area contributed by atoms with Gasteiger partial charge in [-0.25, -0.2) is 14.4 Å². The highest BCUT2D eigenvalue weighted by molar-refractivity contribution is 5.90. The summed E-state index contributed by atoms with van der Waals surface area (Å²) in [5, 5.41) is 0. The van der Waals surface area contributed by atoms with Crippen LogP contribution in [0.15, 0.2) is 36.4 Å². The Hall–Kier alpha value is -3.15. The number of carbonyl (C=O) groups is 3. The Morgan fingerprint density at radius 1 is 0.515 bits per heavy atom. The second-order valence-corrected chi connectivity index (χ2v) is 10.5. The molecular weight excluding hydrogens is 420 g/mol. The molecule has 6 nitrogen and oxygen atoms in total. The van der Waals surface area contributed by atoms with E-state index in [1.54, 1.807) is 98.7 Å².